The van der Waals surface area contributed by atoms with E-state index in [1.165, 1.54) is 24.8 Å². The fourth-order valence-corrected chi connectivity index (χ4v) is 3.65. The van der Waals surface area contributed by atoms with Crippen LogP contribution in [0.3, 0.4) is 0 Å². The van der Waals surface area contributed by atoms with E-state index in [9.17, 15) is 0 Å². The Morgan fingerprint density at radius 1 is 1.29 bits per heavy atom. The van der Waals surface area contributed by atoms with Crippen molar-refractivity contribution in [3.05, 3.63) is 42.1 Å². The van der Waals surface area contributed by atoms with E-state index in [0.717, 1.165) is 50.9 Å². The monoisotopic (exact) mass is 386 g/mol. The molecule has 154 valence electrons. The van der Waals surface area contributed by atoms with Gasteiger partial charge in [0, 0.05) is 25.8 Å². The Kier molecular flexibility index (Phi) is 7.96. The summed E-state index contributed by atoms with van der Waals surface area (Å²) in [5.41, 5.74) is 1.20. The average Bonchev–Trinajstić information content (AvgIpc) is 3.38. The smallest absolute Gasteiger partial charge is 0.191 e. The molecule has 1 aliphatic heterocycles. The Morgan fingerprint density at radius 3 is 2.82 bits per heavy atom. The highest BCUT2D eigenvalue weighted by atomic mass is 16.3. The van der Waals surface area contributed by atoms with Crippen LogP contribution in [-0.2, 0) is 6.54 Å². The van der Waals surface area contributed by atoms with Crippen molar-refractivity contribution in [3.8, 4) is 0 Å². The van der Waals surface area contributed by atoms with Crippen LogP contribution < -0.4 is 10.6 Å². The molecule has 0 radical (unpaired) electrons. The number of piperidine rings is 1. The third-order valence-electron chi connectivity index (χ3n) is 5.09. The number of hydrogen-bond acceptors (Lipinski definition) is 4. The molecular weight excluding hydrogens is 352 g/mol. The molecule has 2 N–H and O–H groups in total. The van der Waals surface area contributed by atoms with Gasteiger partial charge in [-0.2, -0.15) is 5.10 Å². The van der Waals surface area contributed by atoms with Crippen molar-refractivity contribution in [1.29, 1.82) is 0 Å². The summed E-state index contributed by atoms with van der Waals surface area (Å²) in [5.74, 6) is 1.88. The van der Waals surface area contributed by atoms with E-state index >= 15 is 0 Å². The summed E-state index contributed by atoms with van der Waals surface area (Å²) in [5, 5.41) is 11.1. The molecule has 0 bridgehead atoms. The van der Waals surface area contributed by atoms with Gasteiger partial charge in [0.25, 0.3) is 0 Å². The number of nitrogens with one attached hydrogen (secondary N) is 2. The van der Waals surface area contributed by atoms with Crippen LogP contribution in [-0.4, -0.2) is 53.4 Å². The van der Waals surface area contributed by atoms with E-state index < -0.39 is 0 Å². The van der Waals surface area contributed by atoms with Gasteiger partial charge >= 0.3 is 0 Å². The second-order valence-electron chi connectivity index (χ2n) is 7.41. The van der Waals surface area contributed by atoms with Gasteiger partial charge in [-0.25, -0.2) is 0 Å². The van der Waals surface area contributed by atoms with Crippen LogP contribution in [0.5, 0.6) is 0 Å². The number of rotatable bonds is 9. The van der Waals surface area contributed by atoms with Gasteiger partial charge < -0.3 is 15.1 Å². The molecule has 0 aliphatic carbocycles. The largest absolute Gasteiger partial charge is 0.468 e. The molecule has 28 heavy (non-hydrogen) atoms. The van der Waals surface area contributed by atoms with Gasteiger partial charge in [0.2, 0.25) is 0 Å². The van der Waals surface area contributed by atoms with Crippen molar-refractivity contribution < 1.29 is 4.42 Å². The van der Waals surface area contributed by atoms with Crippen LogP contribution in [0.2, 0.25) is 0 Å². The first-order valence-electron chi connectivity index (χ1n) is 10.5. The standard InChI is InChI=1S/C21H34N6O/c1-3-22-21(23-10-8-13-27-17-18(2)15-25-27)24-16-19(20-9-7-14-28-20)26-11-5-4-6-12-26/h7,9,14-15,17,19H,3-6,8,10-13,16H2,1-2H3,(H2,22,23,24). The average molecular weight is 387 g/mol. The number of aliphatic imine (C=N–C) groups is 1. The summed E-state index contributed by atoms with van der Waals surface area (Å²) >= 11 is 0. The Labute approximate surface area is 168 Å². The van der Waals surface area contributed by atoms with E-state index in [4.69, 9.17) is 9.41 Å². The second-order valence-corrected chi connectivity index (χ2v) is 7.41. The minimum atomic E-state index is 0.206. The van der Waals surface area contributed by atoms with E-state index in [2.05, 4.69) is 46.7 Å². The molecule has 0 spiro atoms. The van der Waals surface area contributed by atoms with Crippen molar-refractivity contribution >= 4 is 5.96 Å². The number of aryl methyl sites for hydroxylation is 2. The van der Waals surface area contributed by atoms with Crippen LogP contribution >= 0.6 is 0 Å². The molecule has 1 saturated heterocycles. The van der Waals surface area contributed by atoms with E-state index in [1.54, 1.807) is 6.26 Å². The highest BCUT2D eigenvalue weighted by molar-refractivity contribution is 5.79. The summed E-state index contributed by atoms with van der Waals surface area (Å²) < 4.78 is 7.72. The van der Waals surface area contributed by atoms with Crippen molar-refractivity contribution in [2.75, 3.05) is 32.7 Å². The summed E-state index contributed by atoms with van der Waals surface area (Å²) in [6, 6.07) is 4.25. The molecule has 2 aromatic rings. The van der Waals surface area contributed by atoms with Gasteiger partial charge in [-0.3, -0.25) is 14.6 Å². The minimum Gasteiger partial charge on any atom is -0.468 e. The van der Waals surface area contributed by atoms with E-state index in [0.29, 0.717) is 6.54 Å². The van der Waals surface area contributed by atoms with Crippen molar-refractivity contribution in [2.45, 2.75) is 52.1 Å². The number of likely N-dealkylation sites (tertiary alicyclic amines) is 1. The lowest BCUT2D eigenvalue weighted by molar-refractivity contribution is 0.150. The van der Waals surface area contributed by atoms with Crippen LogP contribution in [0.15, 0.2) is 40.2 Å². The quantitative estimate of drug-likeness (QED) is 0.394. The topological polar surface area (TPSA) is 70.6 Å². The Morgan fingerprint density at radius 2 is 2.14 bits per heavy atom. The highest BCUT2D eigenvalue weighted by Crippen LogP contribution is 2.25. The summed E-state index contributed by atoms with van der Waals surface area (Å²) in [7, 11) is 0. The van der Waals surface area contributed by atoms with Crippen molar-refractivity contribution in [3.63, 3.8) is 0 Å². The second kappa shape index (κ2) is 10.9. The van der Waals surface area contributed by atoms with Gasteiger partial charge in [0.1, 0.15) is 5.76 Å². The van der Waals surface area contributed by atoms with Crippen LogP contribution in [0, 0.1) is 6.92 Å². The molecular formula is C21H34N6O. The third-order valence-corrected chi connectivity index (χ3v) is 5.09. The fraction of sp³-hybridized carbons (Fsp3) is 0.619. The Bertz CT molecular complexity index is 702. The Hall–Kier alpha value is -2.28. The number of nitrogens with zero attached hydrogens (tertiary/aromatic N) is 4. The van der Waals surface area contributed by atoms with Crippen LogP contribution in [0.25, 0.3) is 0 Å². The lowest BCUT2D eigenvalue weighted by Gasteiger charge is -2.32. The van der Waals surface area contributed by atoms with E-state index in [-0.39, 0.29) is 6.04 Å². The van der Waals surface area contributed by atoms with Gasteiger partial charge in [-0.1, -0.05) is 6.42 Å². The molecule has 1 atom stereocenters. The first-order chi connectivity index (χ1) is 13.8. The third kappa shape index (κ3) is 6.12. The molecule has 3 heterocycles. The number of guanidine groups is 1. The molecule has 1 aliphatic rings. The molecule has 0 amide bonds. The predicted molar refractivity (Wildman–Crippen MR) is 112 cm³/mol. The zero-order valence-corrected chi connectivity index (χ0v) is 17.2. The van der Waals surface area contributed by atoms with Crippen LogP contribution in [0.1, 0.15) is 50.0 Å². The molecule has 0 aromatic carbocycles. The predicted octanol–water partition coefficient (Wildman–Crippen LogP) is 2.96. The summed E-state index contributed by atoms with van der Waals surface area (Å²) in [6.07, 6.45) is 10.6. The van der Waals surface area contributed by atoms with Gasteiger partial charge in [-0.15, -0.1) is 0 Å². The number of aromatic nitrogens is 2. The lowest BCUT2D eigenvalue weighted by Crippen LogP contribution is -2.40. The first-order valence-corrected chi connectivity index (χ1v) is 10.5. The molecule has 0 saturated carbocycles. The maximum absolute atomic E-state index is 5.73. The van der Waals surface area contributed by atoms with Crippen molar-refractivity contribution in [2.24, 2.45) is 4.99 Å². The van der Waals surface area contributed by atoms with Crippen molar-refractivity contribution in [1.82, 2.24) is 25.3 Å². The maximum atomic E-state index is 5.73. The van der Waals surface area contributed by atoms with E-state index in [1.807, 2.05) is 16.9 Å². The highest BCUT2D eigenvalue weighted by Gasteiger charge is 2.24. The van der Waals surface area contributed by atoms with Gasteiger partial charge in [-0.05, 0) is 63.9 Å². The fourth-order valence-electron chi connectivity index (χ4n) is 3.65. The first kappa shape index (κ1) is 20.5. The number of furan rings is 1. The minimum absolute atomic E-state index is 0.206. The molecule has 7 heteroatoms. The SMILES string of the molecule is CCNC(=NCC(c1ccco1)N1CCCCC1)NCCCn1cc(C)cn1. The Balaban J connectivity index is 1.54. The lowest BCUT2D eigenvalue weighted by atomic mass is 10.1. The summed E-state index contributed by atoms with van der Waals surface area (Å²) in [4.78, 5) is 7.37. The number of hydrogen-bond donors (Lipinski definition) is 2. The van der Waals surface area contributed by atoms with Gasteiger partial charge in [0.05, 0.1) is 25.0 Å². The molecule has 1 unspecified atom stereocenters. The normalized spacial score (nSPS) is 16.9. The molecule has 7 nitrogen and oxygen atoms in total. The molecule has 2 aromatic heterocycles. The zero-order valence-electron chi connectivity index (χ0n) is 17.2. The maximum Gasteiger partial charge on any atom is 0.191 e. The molecule has 3 rings (SSSR count). The molecule has 1 fully saturated rings. The van der Waals surface area contributed by atoms with Crippen LogP contribution in [0.4, 0.5) is 0 Å². The zero-order chi connectivity index (χ0) is 19.6. The summed E-state index contributed by atoms with van der Waals surface area (Å²) in [6.45, 7) is 9.71. The van der Waals surface area contributed by atoms with Gasteiger partial charge in [0.15, 0.2) is 5.96 Å².